The van der Waals surface area contributed by atoms with Crippen molar-refractivity contribution in [3.05, 3.63) is 24.0 Å². The second kappa shape index (κ2) is 16.0. The molecule has 1 aliphatic rings. The van der Waals surface area contributed by atoms with E-state index in [0.717, 1.165) is 50.6 Å². The maximum atomic E-state index is 11.8. The molecule has 1 heterocycles. The number of nitrogens with two attached hydrogens (primary N) is 1. The van der Waals surface area contributed by atoms with E-state index in [1.54, 1.807) is 4.90 Å². The summed E-state index contributed by atoms with van der Waals surface area (Å²) < 4.78 is 2.43. The molecule has 1 saturated heterocycles. The van der Waals surface area contributed by atoms with Gasteiger partial charge in [-0.05, 0) is 52.4 Å². The maximum absolute atomic E-state index is 11.8. The lowest BCUT2D eigenvalue weighted by molar-refractivity contribution is -0.513. The molecule has 0 aromatic heterocycles. The number of carbonyl (C=O) groups is 1. The highest BCUT2D eigenvalue weighted by Gasteiger charge is 2.26. The first-order valence-electron chi connectivity index (χ1n) is 12.7. The van der Waals surface area contributed by atoms with Crippen molar-refractivity contribution >= 4 is 12.1 Å². The number of nitrogens with zero attached hydrogens (tertiary/aromatic N) is 4. The Kier molecular flexibility index (Phi) is 14.2. The molecule has 1 amide bonds. The Balaban J connectivity index is 3.02. The Morgan fingerprint density at radius 1 is 1.15 bits per heavy atom. The molecule has 7 heteroatoms. The van der Waals surface area contributed by atoms with Gasteiger partial charge in [0.15, 0.2) is 13.2 Å². The van der Waals surface area contributed by atoms with E-state index >= 15 is 0 Å². The summed E-state index contributed by atoms with van der Waals surface area (Å²) >= 11 is 0. The van der Waals surface area contributed by atoms with Gasteiger partial charge in [0.2, 0.25) is 12.1 Å². The van der Waals surface area contributed by atoms with Crippen LogP contribution in [0.1, 0.15) is 73.1 Å². The summed E-state index contributed by atoms with van der Waals surface area (Å²) in [5.74, 6) is 6.04. The minimum absolute atomic E-state index is 0.0162. The van der Waals surface area contributed by atoms with E-state index in [-0.39, 0.29) is 12.1 Å². The third-order valence-electron chi connectivity index (χ3n) is 6.67. The quantitative estimate of drug-likeness (QED) is 0.214. The Labute approximate surface area is 202 Å². The number of carbonyl (C=O) groups excluding carboxylic acids is 1. The third-order valence-corrected chi connectivity index (χ3v) is 6.67. The minimum atomic E-state index is -0.0162. The monoisotopic (exact) mass is 464 g/mol. The van der Waals surface area contributed by atoms with Crippen LogP contribution in [0.25, 0.3) is 0 Å². The zero-order valence-electron chi connectivity index (χ0n) is 22.3. The van der Waals surface area contributed by atoms with Gasteiger partial charge in [0.1, 0.15) is 0 Å². The zero-order chi connectivity index (χ0) is 24.8. The Morgan fingerprint density at radius 2 is 1.82 bits per heavy atom. The van der Waals surface area contributed by atoms with Gasteiger partial charge < -0.3 is 14.6 Å². The molecule has 7 nitrogen and oxygen atoms in total. The minimum Gasteiger partial charge on any atom is -0.381 e. The fourth-order valence-corrected chi connectivity index (χ4v) is 4.24. The first-order valence-corrected chi connectivity index (χ1v) is 12.7. The molecule has 0 aromatic rings. The van der Waals surface area contributed by atoms with Gasteiger partial charge in [-0.1, -0.05) is 26.7 Å². The predicted molar refractivity (Wildman–Crippen MR) is 138 cm³/mol. The molecule has 0 bridgehead atoms. The fraction of sp³-hybridized carbons (Fsp3) is 0.769. The van der Waals surface area contributed by atoms with Crippen LogP contribution >= 0.6 is 0 Å². The number of hydrogen-bond acceptors (Lipinski definition) is 5. The van der Waals surface area contributed by atoms with Crippen LogP contribution in [-0.4, -0.2) is 83.9 Å². The van der Waals surface area contributed by atoms with Gasteiger partial charge in [-0.25, -0.2) is 15.4 Å². The summed E-state index contributed by atoms with van der Waals surface area (Å²) in [6, 6.07) is 0.0791. The summed E-state index contributed by atoms with van der Waals surface area (Å²) in [6.07, 6.45) is 13.9. The predicted octanol–water partition coefficient (Wildman–Crippen LogP) is 3.81. The van der Waals surface area contributed by atoms with Crippen molar-refractivity contribution < 1.29 is 14.2 Å². The molecule has 1 fully saturated rings. The lowest BCUT2D eigenvalue weighted by Crippen LogP contribution is -2.30. The van der Waals surface area contributed by atoms with Gasteiger partial charge in [-0.3, -0.25) is 4.79 Å². The van der Waals surface area contributed by atoms with Crippen LogP contribution in [0, 0.1) is 5.92 Å². The first-order chi connectivity index (χ1) is 15.7. The molecule has 1 rings (SSSR count). The normalized spacial score (nSPS) is 18.8. The van der Waals surface area contributed by atoms with Crippen LogP contribution in [-0.2, 0) is 9.63 Å². The van der Waals surface area contributed by atoms with Crippen LogP contribution in [0.2, 0.25) is 0 Å². The van der Waals surface area contributed by atoms with Gasteiger partial charge in [0, 0.05) is 50.7 Å². The van der Waals surface area contributed by atoms with Gasteiger partial charge in [0.25, 0.3) is 0 Å². The van der Waals surface area contributed by atoms with Crippen molar-refractivity contribution in [3.63, 3.8) is 0 Å². The Morgan fingerprint density at radius 3 is 2.36 bits per heavy atom. The van der Waals surface area contributed by atoms with Gasteiger partial charge in [-0.15, -0.1) is 0 Å². The van der Waals surface area contributed by atoms with Crippen molar-refractivity contribution in [1.29, 1.82) is 0 Å². The SMILES string of the molecule is CCCC(CCC)CN1CC/[N+](=C(\C=C/N(C=O)C(C)CCC(C)ON)/C=C(\C)N(C)C)C1. The average molecular weight is 465 g/mol. The van der Waals surface area contributed by atoms with Crippen LogP contribution in [0.3, 0.4) is 0 Å². The molecule has 33 heavy (non-hydrogen) atoms. The standard InChI is InChI=1S/C26H50N5O2/c1-8-10-25(11-9-2)19-29-16-17-30(20-29)26(18-23(4)28(6)7)14-15-31(21-32)22(3)12-13-24(5)33-27/h14-15,18,21-22,24-25H,8-13,16-17,19-20,27H2,1-7H3/q+1. The number of hydrogen-bond donors (Lipinski definition) is 1. The van der Waals surface area contributed by atoms with Crippen molar-refractivity contribution in [2.24, 2.45) is 11.8 Å². The Hall–Kier alpha value is -1.70. The van der Waals surface area contributed by atoms with E-state index in [9.17, 15) is 4.79 Å². The van der Waals surface area contributed by atoms with E-state index < -0.39 is 0 Å². The lowest BCUT2D eigenvalue weighted by Gasteiger charge is -2.22. The summed E-state index contributed by atoms with van der Waals surface area (Å²) in [4.78, 5) is 23.1. The summed E-state index contributed by atoms with van der Waals surface area (Å²) in [5.41, 5.74) is 2.33. The molecule has 2 atom stereocenters. The largest absolute Gasteiger partial charge is 0.381 e. The summed E-state index contributed by atoms with van der Waals surface area (Å²) in [5, 5.41) is 0. The highest BCUT2D eigenvalue weighted by molar-refractivity contribution is 6.00. The van der Waals surface area contributed by atoms with Crippen molar-refractivity contribution in [2.45, 2.75) is 85.3 Å². The van der Waals surface area contributed by atoms with Crippen LogP contribution in [0.5, 0.6) is 0 Å². The average Bonchev–Trinajstić information content (AvgIpc) is 3.25. The molecule has 0 aromatic carbocycles. The van der Waals surface area contributed by atoms with E-state index in [1.807, 2.05) is 13.1 Å². The van der Waals surface area contributed by atoms with Crippen molar-refractivity contribution in [3.8, 4) is 0 Å². The molecule has 0 radical (unpaired) electrons. The molecular formula is C26H50N5O2+. The molecular weight excluding hydrogens is 414 g/mol. The fourth-order valence-electron chi connectivity index (χ4n) is 4.24. The molecule has 0 saturated carbocycles. The molecule has 1 aliphatic heterocycles. The van der Waals surface area contributed by atoms with Crippen LogP contribution in [0.4, 0.5) is 0 Å². The summed E-state index contributed by atoms with van der Waals surface area (Å²) in [6.45, 7) is 14.9. The van der Waals surface area contributed by atoms with Crippen molar-refractivity contribution in [1.82, 2.24) is 14.7 Å². The van der Waals surface area contributed by atoms with Crippen LogP contribution < -0.4 is 5.90 Å². The highest BCUT2D eigenvalue weighted by Crippen LogP contribution is 2.17. The summed E-state index contributed by atoms with van der Waals surface area (Å²) in [7, 11) is 4.12. The van der Waals surface area contributed by atoms with E-state index in [2.05, 4.69) is 68.3 Å². The molecule has 2 N–H and O–H groups in total. The second-order valence-electron chi connectivity index (χ2n) is 9.77. The van der Waals surface area contributed by atoms with Crippen molar-refractivity contribution in [2.75, 3.05) is 40.4 Å². The Bertz CT molecular complexity index is 653. The van der Waals surface area contributed by atoms with Crippen LogP contribution in [0.15, 0.2) is 24.0 Å². The maximum Gasteiger partial charge on any atom is 0.213 e. The van der Waals surface area contributed by atoms with E-state index in [4.69, 9.17) is 10.7 Å². The number of amides is 1. The van der Waals surface area contributed by atoms with Gasteiger partial charge in [0.05, 0.1) is 12.6 Å². The smallest absolute Gasteiger partial charge is 0.213 e. The topological polar surface area (TPSA) is 65.0 Å². The molecule has 0 aliphatic carbocycles. The number of allylic oxidation sites excluding steroid dienone is 3. The molecule has 2 unspecified atom stereocenters. The van der Waals surface area contributed by atoms with Gasteiger partial charge in [-0.2, -0.15) is 0 Å². The van der Waals surface area contributed by atoms with Gasteiger partial charge >= 0.3 is 0 Å². The number of rotatable bonds is 16. The zero-order valence-corrected chi connectivity index (χ0v) is 22.3. The molecule has 190 valence electrons. The van der Waals surface area contributed by atoms with E-state index in [0.29, 0.717) is 0 Å². The lowest BCUT2D eigenvalue weighted by atomic mass is 9.98. The second-order valence-corrected chi connectivity index (χ2v) is 9.77. The third kappa shape index (κ3) is 10.8. The van der Waals surface area contributed by atoms with E-state index in [1.165, 1.54) is 37.9 Å². The highest BCUT2D eigenvalue weighted by atomic mass is 16.6. The first kappa shape index (κ1) is 29.3. The molecule has 0 spiro atoms.